The SMILES string of the molecule is [2H]c1nnc(N)c([2H])c1[2H]. The summed E-state index contributed by atoms with van der Waals surface area (Å²) in [6.45, 7) is 0. The second-order valence-electron chi connectivity index (χ2n) is 0.947. The summed E-state index contributed by atoms with van der Waals surface area (Å²) in [5.74, 6) is -0.110. The van der Waals surface area contributed by atoms with Crippen LogP contribution in [0.5, 0.6) is 0 Å². The Bertz CT molecular complexity index is 235. The van der Waals surface area contributed by atoms with Crippen LogP contribution in [0.2, 0.25) is 0 Å². The zero-order valence-electron chi connectivity index (χ0n) is 6.47. The van der Waals surface area contributed by atoms with Crippen LogP contribution >= 0.6 is 0 Å². The minimum absolute atomic E-state index is 0.110. The fourth-order valence-corrected chi connectivity index (χ4v) is 0.221. The summed E-state index contributed by atoms with van der Waals surface area (Å²) >= 11 is 0. The topological polar surface area (TPSA) is 51.8 Å². The molecule has 7 heavy (non-hydrogen) atoms. The lowest BCUT2D eigenvalue weighted by molar-refractivity contribution is 1.04. The first-order valence-corrected chi connectivity index (χ1v) is 1.69. The smallest absolute Gasteiger partial charge is 0.146 e. The summed E-state index contributed by atoms with van der Waals surface area (Å²) in [4.78, 5) is 0. The Morgan fingerprint density at radius 3 is 3.43 bits per heavy atom. The van der Waals surface area contributed by atoms with E-state index in [9.17, 15) is 0 Å². The lowest BCUT2D eigenvalue weighted by Gasteiger charge is -1.81. The molecule has 0 aromatic carbocycles. The van der Waals surface area contributed by atoms with Crippen molar-refractivity contribution in [2.45, 2.75) is 0 Å². The molecule has 0 amide bonds. The molecule has 0 atom stereocenters. The molecular weight excluding hydrogens is 90.1 g/mol. The van der Waals surface area contributed by atoms with Crippen LogP contribution in [0.4, 0.5) is 5.82 Å². The molecule has 0 saturated carbocycles. The van der Waals surface area contributed by atoms with Crippen molar-refractivity contribution < 1.29 is 4.11 Å². The molecule has 3 heteroatoms. The first-order valence-electron chi connectivity index (χ1n) is 3.19. The number of nitrogen functional groups attached to an aromatic ring is 1. The van der Waals surface area contributed by atoms with E-state index in [1.807, 2.05) is 0 Å². The molecule has 1 aromatic heterocycles. The molecule has 1 heterocycles. The summed E-state index contributed by atoms with van der Waals surface area (Å²) in [5.41, 5.74) is 5.13. The maximum Gasteiger partial charge on any atom is 0.146 e. The Kier molecular flexibility index (Phi) is 0.394. The molecule has 0 aliphatic rings. The highest BCUT2D eigenvalue weighted by Crippen LogP contribution is 1.86. The molecule has 0 bridgehead atoms. The van der Waals surface area contributed by atoms with Gasteiger partial charge in [0.05, 0.1) is 4.11 Å². The third-order valence-electron chi connectivity index (χ3n) is 0.454. The fraction of sp³-hybridized carbons (Fsp3) is 0. The van der Waals surface area contributed by atoms with Crippen LogP contribution in [0.3, 0.4) is 0 Å². The largest absolute Gasteiger partial charge is 0.382 e. The van der Waals surface area contributed by atoms with Crippen molar-refractivity contribution in [3.05, 3.63) is 18.3 Å². The Morgan fingerprint density at radius 2 is 2.71 bits per heavy atom. The lowest BCUT2D eigenvalue weighted by Crippen LogP contribution is -1.88. The van der Waals surface area contributed by atoms with E-state index >= 15 is 0 Å². The van der Waals surface area contributed by atoms with Crippen molar-refractivity contribution in [2.24, 2.45) is 0 Å². The van der Waals surface area contributed by atoms with E-state index in [1.54, 1.807) is 0 Å². The second kappa shape index (κ2) is 1.55. The third-order valence-corrected chi connectivity index (χ3v) is 0.454. The molecule has 0 aliphatic carbocycles. The first kappa shape index (κ1) is 1.78. The van der Waals surface area contributed by atoms with Crippen LogP contribution in [0, 0.1) is 0 Å². The van der Waals surface area contributed by atoms with Gasteiger partial charge < -0.3 is 5.73 Å². The van der Waals surface area contributed by atoms with E-state index in [0.717, 1.165) is 0 Å². The van der Waals surface area contributed by atoms with Gasteiger partial charge in [-0.2, -0.15) is 5.10 Å². The van der Waals surface area contributed by atoms with Crippen LogP contribution in [0.15, 0.2) is 18.3 Å². The second-order valence-corrected chi connectivity index (χ2v) is 0.947. The van der Waals surface area contributed by atoms with Gasteiger partial charge in [-0.15, -0.1) is 5.10 Å². The van der Waals surface area contributed by atoms with Gasteiger partial charge >= 0.3 is 0 Å². The molecule has 0 unspecified atom stereocenters. The van der Waals surface area contributed by atoms with Crippen LogP contribution in [0.1, 0.15) is 4.11 Å². The van der Waals surface area contributed by atoms with E-state index < -0.39 is 0 Å². The van der Waals surface area contributed by atoms with Gasteiger partial charge in [-0.3, -0.25) is 0 Å². The van der Waals surface area contributed by atoms with Gasteiger partial charge in [0.15, 0.2) is 0 Å². The predicted octanol–water partition coefficient (Wildman–Crippen LogP) is 0.0588. The van der Waals surface area contributed by atoms with Gasteiger partial charge in [-0.1, -0.05) is 0 Å². The molecule has 3 nitrogen and oxygen atoms in total. The normalized spacial score (nSPS) is 14.6. The van der Waals surface area contributed by atoms with E-state index in [0.29, 0.717) is 0 Å². The number of nitrogens with zero attached hydrogens (tertiary/aromatic N) is 2. The number of hydrogen-bond acceptors (Lipinski definition) is 3. The van der Waals surface area contributed by atoms with Crippen molar-refractivity contribution >= 4 is 5.82 Å². The monoisotopic (exact) mass is 98.1 g/mol. The maximum absolute atomic E-state index is 7.05. The highest BCUT2D eigenvalue weighted by atomic mass is 15.1. The summed E-state index contributed by atoms with van der Waals surface area (Å²) in [7, 11) is 0. The minimum Gasteiger partial charge on any atom is -0.382 e. The molecule has 0 spiro atoms. The van der Waals surface area contributed by atoms with Crippen molar-refractivity contribution in [3.8, 4) is 0 Å². The van der Waals surface area contributed by atoms with E-state index in [-0.39, 0.29) is 24.1 Å². The number of rotatable bonds is 0. The molecule has 1 rings (SSSR count). The Balaban J connectivity index is 3.34. The van der Waals surface area contributed by atoms with Crippen LogP contribution in [0.25, 0.3) is 0 Å². The third kappa shape index (κ3) is 0.855. The van der Waals surface area contributed by atoms with Crippen LogP contribution < -0.4 is 5.73 Å². The lowest BCUT2D eigenvalue weighted by atomic mass is 10.6. The van der Waals surface area contributed by atoms with Gasteiger partial charge in [0.1, 0.15) is 5.82 Å². The van der Waals surface area contributed by atoms with E-state index in [2.05, 4.69) is 10.2 Å². The highest BCUT2D eigenvalue weighted by Gasteiger charge is 1.75. The van der Waals surface area contributed by atoms with Crippen molar-refractivity contribution in [2.75, 3.05) is 5.73 Å². The molecular formula is C4H5N3. The summed E-state index contributed by atoms with van der Waals surface area (Å²) < 4.78 is 21.0. The van der Waals surface area contributed by atoms with Gasteiger partial charge in [-0.25, -0.2) is 0 Å². The van der Waals surface area contributed by atoms with Crippen LogP contribution in [-0.2, 0) is 0 Å². The van der Waals surface area contributed by atoms with Crippen LogP contribution in [-0.4, -0.2) is 10.2 Å². The molecule has 2 N–H and O–H groups in total. The van der Waals surface area contributed by atoms with Gasteiger partial charge in [0.2, 0.25) is 0 Å². The molecule has 0 saturated heterocycles. The molecule has 1 aromatic rings. The zero-order valence-corrected chi connectivity index (χ0v) is 3.47. The van der Waals surface area contributed by atoms with Crippen molar-refractivity contribution in [1.29, 1.82) is 0 Å². The number of anilines is 1. The summed E-state index contributed by atoms with van der Waals surface area (Å²) in [6.07, 6.45) is -0.320. The number of nitrogens with two attached hydrogens (primary N) is 1. The molecule has 0 aliphatic heterocycles. The predicted molar refractivity (Wildman–Crippen MR) is 26.4 cm³/mol. The van der Waals surface area contributed by atoms with Gasteiger partial charge in [-0.05, 0) is 12.1 Å². The molecule has 0 fully saturated rings. The molecule has 36 valence electrons. The standard InChI is InChI=1S/C4H5N3/c5-4-2-1-3-6-7-4/h1-3H,(H2,5,7)/i1D,2D,3D. The zero-order chi connectivity index (χ0) is 7.72. The quantitative estimate of drug-likeness (QED) is 0.499. The Labute approximate surface area is 45.4 Å². The van der Waals surface area contributed by atoms with Crippen molar-refractivity contribution in [1.82, 2.24) is 10.2 Å². The minimum atomic E-state index is -0.320. The summed E-state index contributed by atoms with van der Waals surface area (Å²) in [6, 6.07) is -0.521. The van der Waals surface area contributed by atoms with Gasteiger partial charge in [0, 0.05) is 6.17 Å². The number of aromatic nitrogens is 2. The van der Waals surface area contributed by atoms with E-state index in [1.165, 1.54) is 0 Å². The van der Waals surface area contributed by atoms with Crippen molar-refractivity contribution in [3.63, 3.8) is 0 Å². The fourth-order valence-electron chi connectivity index (χ4n) is 0.221. The Morgan fingerprint density at radius 1 is 1.86 bits per heavy atom. The number of hydrogen-bond donors (Lipinski definition) is 1. The Hall–Kier alpha value is -1.12. The average Bonchev–Trinajstić information content (AvgIpc) is 1.93. The maximum atomic E-state index is 7.05. The average molecular weight is 98.1 g/mol. The summed E-state index contributed by atoms with van der Waals surface area (Å²) in [5, 5.41) is 6.50. The first-order chi connectivity index (χ1) is 4.63. The van der Waals surface area contributed by atoms with E-state index in [4.69, 9.17) is 9.85 Å². The van der Waals surface area contributed by atoms with Gasteiger partial charge in [0.25, 0.3) is 0 Å². The highest BCUT2D eigenvalue weighted by molar-refractivity contribution is 5.22. The molecule has 0 radical (unpaired) electrons.